The molecule has 0 saturated carbocycles. The van der Waals surface area contributed by atoms with Gasteiger partial charge in [0.2, 0.25) is 5.78 Å². The molecule has 154 valence electrons. The quantitative estimate of drug-likeness (QED) is 0.519. The third-order valence-corrected chi connectivity index (χ3v) is 5.44. The van der Waals surface area contributed by atoms with E-state index in [2.05, 4.69) is 0 Å². The number of nitrogens with zero attached hydrogens (tertiary/aromatic N) is 1. The number of hydrogen-bond acceptors (Lipinski definition) is 4. The zero-order chi connectivity index (χ0) is 21.4. The Morgan fingerprint density at radius 2 is 2.00 bits per heavy atom. The lowest BCUT2D eigenvalue weighted by atomic mass is 9.94. The third kappa shape index (κ3) is 3.37. The minimum Gasteiger partial charge on any atom is -0.503 e. The van der Waals surface area contributed by atoms with Crippen LogP contribution in [0.25, 0.3) is 11.0 Å². The number of furan rings is 1. The van der Waals surface area contributed by atoms with E-state index in [1.807, 2.05) is 6.92 Å². The van der Waals surface area contributed by atoms with Crippen LogP contribution in [0.5, 0.6) is 0 Å². The summed E-state index contributed by atoms with van der Waals surface area (Å²) in [6.45, 7) is 2.24. The lowest BCUT2D eigenvalue weighted by Crippen LogP contribution is -2.32. The van der Waals surface area contributed by atoms with E-state index in [1.54, 1.807) is 24.3 Å². The summed E-state index contributed by atoms with van der Waals surface area (Å²) in [6.07, 6.45) is 1.44. The van der Waals surface area contributed by atoms with Crippen LogP contribution in [0, 0.1) is 5.82 Å². The molecule has 30 heavy (non-hydrogen) atoms. The topological polar surface area (TPSA) is 70.8 Å². The maximum absolute atomic E-state index is 14.7. The fraction of sp³-hybridized carbons (Fsp3) is 0.217. The molecule has 1 unspecified atom stereocenters. The highest BCUT2D eigenvalue weighted by atomic mass is 35.5. The highest BCUT2D eigenvalue weighted by Crippen LogP contribution is 2.40. The molecule has 7 heteroatoms. The third-order valence-electron chi connectivity index (χ3n) is 5.20. The van der Waals surface area contributed by atoms with Crippen LogP contribution in [0.3, 0.4) is 0 Å². The van der Waals surface area contributed by atoms with Crippen molar-refractivity contribution < 1.29 is 23.5 Å². The molecular weight excluding hydrogens is 409 g/mol. The molecule has 0 aliphatic carbocycles. The SMILES string of the molecule is CCCCN1C(=O)C(O)=C(C(=O)c2cc3cc(Cl)ccc3o2)C1c1ccccc1F. The number of unbranched alkanes of at least 4 members (excludes halogenated alkanes) is 1. The van der Waals surface area contributed by atoms with Crippen molar-refractivity contribution in [1.82, 2.24) is 4.90 Å². The lowest BCUT2D eigenvalue weighted by molar-refractivity contribution is -0.129. The molecule has 2 heterocycles. The van der Waals surface area contributed by atoms with Crippen molar-refractivity contribution >= 4 is 34.3 Å². The van der Waals surface area contributed by atoms with E-state index < -0.39 is 29.3 Å². The van der Waals surface area contributed by atoms with Gasteiger partial charge < -0.3 is 14.4 Å². The summed E-state index contributed by atoms with van der Waals surface area (Å²) < 4.78 is 20.3. The number of rotatable bonds is 6. The van der Waals surface area contributed by atoms with Crippen molar-refractivity contribution in [3.63, 3.8) is 0 Å². The normalized spacial score (nSPS) is 16.7. The van der Waals surface area contributed by atoms with Crippen molar-refractivity contribution in [2.24, 2.45) is 0 Å². The van der Waals surface area contributed by atoms with Gasteiger partial charge in [0.25, 0.3) is 5.91 Å². The first kappa shape index (κ1) is 20.2. The maximum atomic E-state index is 14.7. The Kier molecular flexibility index (Phi) is 5.35. The van der Waals surface area contributed by atoms with Gasteiger partial charge in [-0.25, -0.2) is 4.39 Å². The van der Waals surface area contributed by atoms with Crippen LogP contribution in [-0.4, -0.2) is 28.2 Å². The standard InChI is InChI=1S/C23H19ClFNO4/c1-2-3-10-26-20(15-6-4-5-7-16(15)25)19(22(28)23(26)29)21(27)18-12-13-11-14(24)8-9-17(13)30-18/h4-9,11-12,20,28H,2-3,10H2,1H3. The second-order valence-corrected chi connectivity index (χ2v) is 7.60. The van der Waals surface area contributed by atoms with Gasteiger partial charge in [0, 0.05) is 22.5 Å². The average molecular weight is 428 g/mol. The van der Waals surface area contributed by atoms with E-state index >= 15 is 0 Å². The number of fused-ring (bicyclic) bond motifs is 1. The van der Waals surface area contributed by atoms with Gasteiger partial charge in [-0.1, -0.05) is 43.1 Å². The molecule has 1 amide bonds. The van der Waals surface area contributed by atoms with Gasteiger partial charge in [-0.2, -0.15) is 0 Å². The molecular formula is C23H19ClFNO4. The van der Waals surface area contributed by atoms with Crippen molar-refractivity contribution in [1.29, 1.82) is 0 Å². The Morgan fingerprint density at radius 1 is 1.23 bits per heavy atom. The van der Waals surface area contributed by atoms with Crippen molar-refractivity contribution in [2.75, 3.05) is 6.54 Å². The first-order chi connectivity index (χ1) is 14.4. The number of halogens is 2. The van der Waals surface area contributed by atoms with Crippen LogP contribution < -0.4 is 0 Å². The Balaban J connectivity index is 1.82. The van der Waals surface area contributed by atoms with Crippen LogP contribution in [0.4, 0.5) is 4.39 Å². The number of aliphatic hydroxyl groups is 1. The molecule has 2 aromatic carbocycles. The van der Waals surface area contributed by atoms with Gasteiger partial charge in [-0.15, -0.1) is 0 Å². The fourth-order valence-electron chi connectivity index (χ4n) is 3.72. The number of amides is 1. The molecule has 1 aliphatic rings. The minimum absolute atomic E-state index is 0.0553. The zero-order valence-electron chi connectivity index (χ0n) is 16.2. The molecule has 1 N–H and O–H groups in total. The highest BCUT2D eigenvalue weighted by molar-refractivity contribution is 6.31. The van der Waals surface area contributed by atoms with Gasteiger partial charge in [0.1, 0.15) is 11.4 Å². The first-order valence-electron chi connectivity index (χ1n) is 9.64. The van der Waals surface area contributed by atoms with Gasteiger partial charge in [0.15, 0.2) is 11.5 Å². The second kappa shape index (κ2) is 7.95. The Hall–Kier alpha value is -3.12. The van der Waals surface area contributed by atoms with E-state index in [0.717, 1.165) is 6.42 Å². The summed E-state index contributed by atoms with van der Waals surface area (Å²) in [5.41, 5.74) is 0.400. The summed E-state index contributed by atoms with van der Waals surface area (Å²) in [6, 6.07) is 11.3. The minimum atomic E-state index is -1.03. The number of Topliss-reactive ketones (excluding diaryl/α,β-unsaturated/α-hetero) is 1. The molecule has 0 fully saturated rings. The number of hydrogen-bond donors (Lipinski definition) is 1. The molecule has 4 rings (SSSR count). The van der Waals surface area contributed by atoms with E-state index in [-0.39, 0.29) is 23.4 Å². The first-order valence-corrected chi connectivity index (χ1v) is 10.0. The van der Waals surface area contributed by atoms with Gasteiger partial charge in [0.05, 0.1) is 11.6 Å². The molecule has 0 bridgehead atoms. The fourth-order valence-corrected chi connectivity index (χ4v) is 3.90. The number of benzene rings is 2. The number of carbonyl (C=O) groups excluding carboxylic acids is 2. The predicted octanol–water partition coefficient (Wildman–Crippen LogP) is 5.60. The van der Waals surface area contributed by atoms with E-state index in [0.29, 0.717) is 22.4 Å². The van der Waals surface area contributed by atoms with Crippen LogP contribution >= 0.6 is 11.6 Å². The second-order valence-electron chi connectivity index (χ2n) is 7.16. The largest absolute Gasteiger partial charge is 0.503 e. The van der Waals surface area contributed by atoms with Crippen LogP contribution in [0.2, 0.25) is 5.02 Å². The summed E-state index contributed by atoms with van der Waals surface area (Å²) in [7, 11) is 0. The highest BCUT2D eigenvalue weighted by Gasteiger charge is 2.45. The molecule has 5 nitrogen and oxygen atoms in total. The Labute approximate surface area is 177 Å². The molecule has 0 spiro atoms. The predicted molar refractivity (Wildman–Crippen MR) is 111 cm³/mol. The number of aliphatic hydroxyl groups excluding tert-OH is 1. The van der Waals surface area contributed by atoms with E-state index in [9.17, 15) is 19.1 Å². The zero-order valence-corrected chi connectivity index (χ0v) is 16.9. The Morgan fingerprint density at radius 3 is 2.73 bits per heavy atom. The van der Waals surface area contributed by atoms with Gasteiger partial charge in [-0.05, 0) is 36.8 Å². The van der Waals surface area contributed by atoms with Crippen molar-refractivity contribution in [2.45, 2.75) is 25.8 Å². The molecule has 1 aromatic heterocycles. The van der Waals surface area contributed by atoms with Crippen LogP contribution in [-0.2, 0) is 4.79 Å². The summed E-state index contributed by atoms with van der Waals surface area (Å²) in [5.74, 6) is -2.66. The summed E-state index contributed by atoms with van der Waals surface area (Å²) in [4.78, 5) is 27.4. The van der Waals surface area contributed by atoms with Crippen LogP contribution in [0.15, 0.2) is 64.3 Å². The number of ketones is 1. The smallest absolute Gasteiger partial charge is 0.290 e. The van der Waals surface area contributed by atoms with E-state index in [1.165, 1.54) is 29.2 Å². The number of carbonyl (C=O) groups is 2. The molecule has 3 aromatic rings. The van der Waals surface area contributed by atoms with Crippen molar-refractivity contribution in [3.8, 4) is 0 Å². The monoisotopic (exact) mass is 427 g/mol. The molecule has 1 aliphatic heterocycles. The summed E-state index contributed by atoms with van der Waals surface area (Å²) >= 11 is 6.00. The average Bonchev–Trinajstić information content (AvgIpc) is 3.25. The van der Waals surface area contributed by atoms with E-state index in [4.69, 9.17) is 16.0 Å². The molecule has 1 atom stereocenters. The lowest BCUT2D eigenvalue weighted by Gasteiger charge is -2.26. The van der Waals surface area contributed by atoms with Crippen molar-refractivity contribution in [3.05, 3.63) is 82.0 Å². The van der Waals surface area contributed by atoms with Gasteiger partial charge >= 0.3 is 0 Å². The van der Waals surface area contributed by atoms with Gasteiger partial charge in [-0.3, -0.25) is 9.59 Å². The molecule has 0 radical (unpaired) electrons. The summed E-state index contributed by atoms with van der Waals surface area (Å²) in [5, 5.41) is 11.7. The van der Waals surface area contributed by atoms with Crippen LogP contribution in [0.1, 0.15) is 41.9 Å². The molecule has 0 saturated heterocycles. The maximum Gasteiger partial charge on any atom is 0.290 e. The Bertz CT molecular complexity index is 1180.